The van der Waals surface area contributed by atoms with E-state index in [9.17, 15) is 22.8 Å². The van der Waals surface area contributed by atoms with Crippen molar-refractivity contribution in [2.24, 2.45) is 0 Å². The lowest BCUT2D eigenvalue weighted by Gasteiger charge is -2.22. The number of hydrogen-bond donors (Lipinski definition) is 2. The maximum Gasteiger partial charge on any atom is 0.253 e. The van der Waals surface area contributed by atoms with E-state index in [1.165, 1.54) is 29.2 Å². The summed E-state index contributed by atoms with van der Waals surface area (Å²) >= 11 is 0. The molecule has 2 rings (SSSR count). The molecule has 3 amide bonds. The van der Waals surface area contributed by atoms with Gasteiger partial charge in [0.25, 0.3) is 11.8 Å². The molecule has 32 heavy (non-hydrogen) atoms. The zero-order valence-corrected chi connectivity index (χ0v) is 19.4. The Balaban J connectivity index is 2.22. The number of carbonyl (C=O) groups excluding carboxylic acids is 3. The highest BCUT2D eigenvalue weighted by atomic mass is 32.2. The lowest BCUT2D eigenvalue weighted by atomic mass is 10.1. The zero-order chi connectivity index (χ0) is 23.9. The summed E-state index contributed by atoms with van der Waals surface area (Å²) in [5.41, 5.74) is 1.20. The van der Waals surface area contributed by atoms with Gasteiger partial charge in [0.05, 0.1) is 23.2 Å². The number of benzene rings is 2. The molecule has 0 saturated carbocycles. The second-order valence-electron chi connectivity index (χ2n) is 7.37. The van der Waals surface area contributed by atoms with E-state index < -0.39 is 22.5 Å². The van der Waals surface area contributed by atoms with Crippen molar-refractivity contribution in [3.63, 3.8) is 0 Å². The second kappa shape index (κ2) is 10.8. The van der Waals surface area contributed by atoms with Crippen LogP contribution in [-0.2, 0) is 14.8 Å². The van der Waals surface area contributed by atoms with E-state index in [0.717, 1.165) is 17.0 Å². The molecule has 9 nitrogen and oxygen atoms in total. The number of nitrogens with zero attached hydrogens (tertiary/aromatic N) is 2. The minimum Gasteiger partial charge on any atom is -0.352 e. The van der Waals surface area contributed by atoms with Crippen molar-refractivity contribution in [1.82, 2.24) is 10.2 Å². The van der Waals surface area contributed by atoms with Gasteiger partial charge in [-0.1, -0.05) is 19.1 Å². The zero-order valence-electron chi connectivity index (χ0n) is 18.6. The Morgan fingerprint density at radius 2 is 1.59 bits per heavy atom. The van der Waals surface area contributed by atoms with Gasteiger partial charge < -0.3 is 15.5 Å². The predicted octanol–water partition coefficient (Wildman–Crippen LogP) is 1.93. The summed E-state index contributed by atoms with van der Waals surface area (Å²) < 4.78 is 25.6. The highest BCUT2D eigenvalue weighted by Gasteiger charge is 2.22. The molecule has 2 N–H and O–H groups in total. The first-order valence-electron chi connectivity index (χ1n) is 10.0. The first kappa shape index (κ1) is 24.9. The molecule has 2 aromatic rings. The first-order chi connectivity index (χ1) is 15.0. The third-order valence-corrected chi connectivity index (χ3v) is 5.62. The Morgan fingerprint density at radius 3 is 2.16 bits per heavy atom. The SMILES string of the molecule is CCCNC(=O)c1ccccc1NC(=O)CN(c1ccc(C(=O)N(C)C)cc1)S(C)(=O)=O. The molecule has 0 atom stereocenters. The molecule has 0 fully saturated rings. The van der Waals surface area contributed by atoms with E-state index in [-0.39, 0.29) is 28.8 Å². The van der Waals surface area contributed by atoms with Gasteiger partial charge in [-0.05, 0) is 42.8 Å². The molecule has 0 radical (unpaired) electrons. The van der Waals surface area contributed by atoms with Gasteiger partial charge in [-0.15, -0.1) is 0 Å². The van der Waals surface area contributed by atoms with Crippen LogP contribution in [0.4, 0.5) is 11.4 Å². The Labute approximate surface area is 188 Å². The molecule has 2 aromatic carbocycles. The van der Waals surface area contributed by atoms with E-state index >= 15 is 0 Å². The molecule has 0 spiro atoms. The molecule has 0 heterocycles. The molecule has 0 bridgehead atoms. The van der Waals surface area contributed by atoms with Gasteiger partial charge in [0.1, 0.15) is 6.54 Å². The molecule has 0 aliphatic carbocycles. The number of rotatable bonds is 9. The summed E-state index contributed by atoms with van der Waals surface area (Å²) in [6.45, 7) is 1.93. The van der Waals surface area contributed by atoms with Gasteiger partial charge in [-0.3, -0.25) is 18.7 Å². The maximum absolute atomic E-state index is 12.7. The third-order valence-electron chi connectivity index (χ3n) is 4.48. The van der Waals surface area contributed by atoms with Crippen LogP contribution < -0.4 is 14.9 Å². The van der Waals surface area contributed by atoms with Crippen molar-refractivity contribution in [2.45, 2.75) is 13.3 Å². The normalized spacial score (nSPS) is 10.9. The van der Waals surface area contributed by atoms with Crippen LogP contribution in [0.2, 0.25) is 0 Å². The summed E-state index contributed by atoms with van der Waals surface area (Å²) in [6, 6.07) is 12.4. The Hall–Kier alpha value is -3.40. The number of amides is 3. The van der Waals surface area contributed by atoms with Crippen molar-refractivity contribution in [2.75, 3.05) is 43.1 Å². The van der Waals surface area contributed by atoms with Crippen LogP contribution in [0.3, 0.4) is 0 Å². The van der Waals surface area contributed by atoms with Gasteiger partial charge in [0.15, 0.2) is 0 Å². The predicted molar refractivity (Wildman–Crippen MR) is 124 cm³/mol. The van der Waals surface area contributed by atoms with E-state index in [4.69, 9.17) is 0 Å². The fourth-order valence-electron chi connectivity index (χ4n) is 2.87. The highest BCUT2D eigenvalue weighted by molar-refractivity contribution is 7.92. The van der Waals surface area contributed by atoms with Crippen molar-refractivity contribution < 1.29 is 22.8 Å². The largest absolute Gasteiger partial charge is 0.352 e. The van der Waals surface area contributed by atoms with E-state index in [1.807, 2.05) is 6.92 Å². The minimum atomic E-state index is -3.80. The minimum absolute atomic E-state index is 0.224. The van der Waals surface area contributed by atoms with Gasteiger partial charge in [-0.2, -0.15) is 0 Å². The quantitative estimate of drug-likeness (QED) is 0.593. The average molecular weight is 461 g/mol. The summed E-state index contributed by atoms with van der Waals surface area (Å²) in [6.07, 6.45) is 1.76. The molecule has 0 aliphatic heterocycles. The number of carbonyl (C=O) groups is 3. The highest BCUT2D eigenvalue weighted by Crippen LogP contribution is 2.20. The van der Waals surface area contributed by atoms with Crippen molar-refractivity contribution in [3.8, 4) is 0 Å². The standard InChI is InChI=1S/C22H28N4O5S/c1-5-14-23-21(28)18-8-6-7-9-19(18)24-20(27)15-26(32(4,30)31)17-12-10-16(11-13-17)22(29)25(2)3/h6-13H,5,14-15H2,1-4H3,(H,23,28)(H,24,27). The topological polar surface area (TPSA) is 116 Å². The average Bonchev–Trinajstić information content (AvgIpc) is 2.75. The molecule has 0 aliphatic rings. The fourth-order valence-corrected chi connectivity index (χ4v) is 3.73. The van der Waals surface area contributed by atoms with Crippen molar-refractivity contribution in [1.29, 1.82) is 0 Å². The lowest BCUT2D eigenvalue weighted by molar-refractivity contribution is -0.114. The van der Waals surface area contributed by atoms with E-state index in [0.29, 0.717) is 12.1 Å². The smallest absolute Gasteiger partial charge is 0.253 e. The summed E-state index contributed by atoms with van der Waals surface area (Å²) in [7, 11) is -0.566. The van der Waals surface area contributed by atoms with Gasteiger partial charge in [0.2, 0.25) is 15.9 Å². The van der Waals surface area contributed by atoms with Crippen LogP contribution in [0.1, 0.15) is 34.1 Å². The van der Waals surface area contributed by atoms with Crippen LogP contribution in [0.25, 0.3) is 0 Å². The van der Waals surface area contributed by atoms with Crippen LogP contribution in [0.5, 0.6) is 0 Å². The molecule has 0 saturated heterocycles. The van der Waals surface area contributed by atoms with Crippen LogP contribution in [-0.4, -0.2) is 64.5 Å². The molecule has 0 unspecified atom stereocenters. The van der Waals surface area contributed by atoms with Crippen LogP contribution >= 0.6 is 0 Å². The van der Waals surface area contributed by atoms with Crippen LogP contribution in [0.15, 0.2) is 48.5 Å². The van der Waals surface area contributed by atoms with Crippen molar-refractivity contribution in [3.05, 3.63) is 59.7 Å². The number of nitrogens with one attached hydrogen (secondary N) is 2. The maximum atomic E-state index is 12.7. The number of sulfonamides is 1. The Bertz CT molecular complexity index is 1080. The first-order valence-corrected chi connectivity index (χ1v) is 11.9. The summed E-state index contributed by atoms with van der Waals surface area (Å²) in [5, 5.41) is 5.37. The monoisotopic (exact) mass is 460 g/mol. The fraction of sp³-hybridized carbons (Fsp3) is 0.318. The summed E-state index contributed by atoms with van der Waals surface area (Å²) in [5.74, 6) is -1.17. The summed E-state index contributed by atoms with van der Waals surface area (Å²) in [4.78, 5) is 38.5. The molecular weight excluding hydrogens is 432 g/mol. The van der Waals surface area contributed by atoms with Crippen molar-refractivity contribution >= 4 is 39.1 Å². The lowest BCUT2D eigenvalue weighted by Crippen LogP contribution is -2.37. The Morgan fingerprint density at radius 1 is 0.969 bits per heavy atom. The molecule has 0 aromatic heterocycles. The second-order valence-corrected chi connectivity index (χ2v) is 9.27. The number of para-hydroxylation sites is 1. The van der Waals surface area contributed by atoms with E-state index in [1.54, 1.807) is 38.4 Å². The van der Waals surface area contributed by atoms with Gasteiger partial charge in [0, 0.05) is 26.2 Å². The number of anilines is 2. The molecular formula is C22H28N4O5S. The third kappa shape index (κ3) is 6.55. The van der Waals surface area contributed by atoms with Gasteiger partial charge in [-0.25, -0.2) is 8.42 Å². The molecule has 10 heteroatoms. The number of hydrogen-bond acceptors (Lipinski definition) is 5. The molecule has 172 valence electrons. The van der Waals surface area contributed by atoms with E-state index in [2.05, 4.69) is 10.6 Å². The Kier molecular flexibility index (Phi) is 8.36. The van der Waals surface area contributed by atoms with Crippen LogP contribution in [0, 0.1) is 0 Å². The van der Waals surface area contributed by atoms with Gasteiger partial charge >= 0.3 is 0 Å².